The number of nitrogens with two attached hydrogens (primary N) is 1. The van der Waals surface area contributed by atoms with Crippen molar-refractivity contribution in [3.63, 3.8) is 0 Å². The second kappa shape index (κ2) is 5.80. The zero-order valence-electron chi connectivity index (χ0n) is 7.92. The first-order valence-corrected chi connectivity index (χ1v) is 4.96. The highest BCUT2D eigenvalue weighted by molar-refractivity contribution is 5.67. The first-order chi connectivity index (χ1) is 6.33. The lowest BCUT2D eigenvalue weighted by atomic mass is 10.3. The average Bonchev–Trinajstić information content (AvgIpc) is 2.57. The third-order valence-corrected chi connectivity index (χ3v) is 2.26. The van der Waals surface area contributed by atoms with Crippen molar-refractivity contribution >= 4 is 6.09 Å². The second-order valence-electron chi connectivity index (χ2n) is 3.40. The number of ether oxygens (including phenoxy) is 1. The number of rotatable bonds is 4. The van der Waals surface area contributed by atoms with Crippen LogP contribution in [0.5, 0.6) is 0 Å². The Hall–Kier alpha value is -0.770. The predicted molar refractivity (Wildman–Crippen MR) is 50.4 cm³/mol. The van der Waals surface area contributed by atoms with E-state index in [2.05, 4.69) is 5.32 Å². The molecule has 0 aromatic carbocycles. The number of alkyl carbamates (subject to hydrolysis) is 1. The summed E-state index contributed by atoms with van der Waals surface area (Å²) in [6, 6.07) is 0.338. The van der Waals surface area contributed by atoms with Crippen molar-refractivity contribution in [2.75, 3.05) is 13.2 Å². The molecule has 13 heavy (non-hydrogen) atoms. The van der Waals surface area contributed by atoms with Crippen molar-refractivity contribution in [2.45, 2.75) is 38.1 Å². The Bertz CT molecular complexity index is 156. The highest BCUT2D eigenvalue weighted by Gasteiger charge is 2.17. The number of carbonyl (C=O) groups excluding carboxylic acids is 1. The van der Waals surface area contributed by atoms with E-state index in [1.54, 1.807) is 0 Å². The van der Waals surface area contributed by atoms with Crippen molar-refractivity contribution in [1.29, 1.82) is 0 Å². The molecule has 4 nitrogen and oxygen atoms in total. The highest BCUT2D eigenvalue weighted by atomic mass is 16.5. The summed E-state index contributed by atoms with van der Waals surface area (Å²) in [5.74, 6) is 0. The fraction of sp³-hybridized carbons (Fsp3) is 0.889. The maximum Gasteiger partial charge on any atom is 0.407 e. The first kappa shape index (κ1) is 10.3. The minimum absolute atomic E-state index is 0.291. The average molecular weight is 186 g/mol. The number of carbonyl (C=O) groups is 1. The van der Waals surface area contributed by atoms with Gasteiger partial charge in [0.25, 0.3) is 0 Å². The van der Waals surface area contributed by atoms with E-state index in [-0.39, 0.29) is 6.09 Å². The van der Waals surface area contributed by atoms with E-state index in [4.69, 9.17) is 10.5 Å². The third kappa shape index (κ3) is 4.12. The van der Waals surface area contributed by atoms with Gasteiger partial charge in [0.15, 0.2) is 0 Å². The number of nitrogens with one attached hydrogen (secondary N) is 1. The molecule has 0 atom stereocenters. The van der Waals surface area contributed by atoms with Crippen LogP contribution in [-0.2, 0) is 4.74 Å². The largest absolute Gasteiger partial charge is 0.450 e. The topological polar surface area (TPSA) is 64.3 Å². The minimum atomic E-state index is -0.291. The van der Waals surface area contributed by atoms with Crippen molar-refractivity contribution in [1.82, 2.24) is 5.32 Å². The van der Waals surface area contributed by atoms with Crippen LogP contribution < -0.4 is 11.1 Å². The van der Waals surface area contributed by atoms with Gasteiger partial charge < -0.3 is 15.8 Å². The molecule has 0 bridgehead atoms. The molecule has 0 aromatic rings. The summed E-state index contributed by atoms with van der Waals surface area (Å²) in [6.45, 7) is 0.992. The van der Waals surface area contributed by atoms with Gasteiger partial charge in [-0.05, 0) is 25.8 Å². The summed E-state index contributed by atoms with van der Waals surface area (Å²) >= 11 is 0. The molecule has 0 spiro atoms. The van der Waals surface area contributed by atoms with Crippen LogP contribution in [0.2, 0.25) is 0 Å². The Morgan fingerprint density at radius 2 is 2.15 bits per heavy atom. The van der Waals surface area contributed by atoms with E-state index in [0.717, 1.165) is 19.3 Å². The minimum Gasteiger partial charge on any atom is -0.450 e. The van der Waals surface area contributed by atoms with Crippen LogP contribution in [0, 0.1) is 0 Å². The van der Waals surface area contributed by atoms with E-state index in [1.807, 2.05) is 0 Å². The van der Waals surface area contributed by atoms with Gasteiger partial charge in [-0.3, -0.25) is 0 Å². The predicted octanol–water partition coefficient (Wildman–Crippen LogP) is 1.00. The van der Waals surface area contributed by atoms with Gasteiger partial charge in [-0.2, -0.15) is 0 Å². The number of amides is 1. The van der Waals surface area contributed by atoms with Gasteiger partial charge >= 0.3 is 6.09 Å². The zero-order chi connectivity index (χ0) is 9.52. The van der Waals surface area contributed by atoms with Crippen LogP contribution in [0.15, 0.2) is 0 Å². The third-order valence-electron chi connectivity index (χ3n) is 2.26. The molecule has 0 aromatic heterocycles. The normalized spacial score (nSPS) is 17.3. The lowest BCUT2D eigenvalue weighted by Crippen LogP contribution is -2.33. The summed E-state index contributed by atoms with van der Waals surface area (Å²) < 4.78 is 4.91. The second-order valence-corrected chi connectivity index (χ2v) is 3.40. The van der Waals surface area contributed by atoms with Crippen LogP contribution in [0.3, 0.4) is 0 Å². The first-order valence-electron chi connectivity index (χ1n) is 4.96. The van der Waals surface area contributed by atoms with Crippen molar-refractivity contribution < 1.29 is 9.53 Å². The molecule has 3 N–H and O–H groups in total. The molecule has 0 heterocycles. The summed E-state index contributed by atoms with van der Waals surface area (Å²) in [5, 5.41) is 2.84. The summed E-state index contributed by atoms with van der Waals surface area (Å²) in [4.78, 5) is 11.1. The Morgan fingerprint density at radius 3 is 2.77 bits per heavy atom. The summed E-state index contributed by atoms with van der Waals surface area (Å²) in [7, 11) is 0. The molecule has 0 aliphatic heterocycles. The van der Waals surface area contributed by atoms with Crippen molar-refractivity contribution in [3.05, 3.63) is 0 Å². The molecule has 1 aliphatic carbocycles. The lowest BCUT2D eigenvalue weighted by Gasteiger charge is -2.11. The fourth-order valence-electron chi connectivity index (χ4n) is 1.53. The summed E-state index contributed by atoms with van der Waals surface area (Å²) in [5.41, 5.74) is 5.27. The number of hydrogen-bond donors (Lipinski definition) is 2. The van der Waals surface area contributed by atoms with Crippen LogP contribution in [-0.4, -0.2) is 25.3 Å². The van der Waals surface area contributed by atoms with Crippen LogP contribution in [0.25, 0.3) is 0 Å². The Morgan fingerprint density at radius 1 is 1.46 bits per heavy atom. The molecular formula is C9H18N2O2. The molecule has 76 valence electrons. The molecule has 1 fully saturated rings. The van der Waals surface area contributed by atoms with Crippen LogP contribution in [0.4, 0.5) is 4.79 Å². The van der Waals surface area contributed by atoms with E-state index < -0.39 is 0 Å². The molecule has 1 saturated carbocycles. The lowest BCUT2D eigenvalue weighted by molar-refractivity contribution is 0.141. The van der Waals surface area contributed by atoms with Crippen molar-refractivity contribution in [2.24, 2.45) is 5.73 Å². The van der Waals surface area contributed by atoms with Crippen LogP contribution >= 0.6 is 0 Å². The van der Waals surface area contributed by atoms with Gasteiger partial charge in [-0.15, -0.1) is 0 Å². The Balaban J connectivity index is 2.02. The smallest absolute Gasteiger partial charge is 0.407 e. The Kier molecular flexibility index (Phi) is 4.60. The zero-order valence-corrected chi connectivity index (χ0v) is 7.92. The summed E-state index contributed by atoms with van der Waals surface area (Å²) in [6.07, 6.45) is 5.05. The van der Waals surface area contributed by atoms with Gasteiger partial charge in [0, 0.05) is 6.04 Å². The SMILES string of the molecule is NCCCOC(=O)NC1CCCC1. The molecule has 0 saturated heterocycles. The molecule has 1 aliphatic rings. The van der Waals surface area contributed by atoms with Gasteiger partial charge in [-0.1, -0.05) is 12.8 Å². The number of hydrogen-bond acceptors (Lipinski definition) is 3. The maximum atomic E-state index is 11.1. The van der Waals surface area contributed by atoms with E-state index in [0.29, 0.717) is 19.2 Å². The molecule has 0 unspecified atom stereocenters. The van der Waals surface area contributed by atoms with Gasteiger partial charge in [0.05, 0.1) is 6.61 Å². The molecule has 4 heteroatoms. The quantitative estimate of drug-likeness (QED) is 0.644. The Labute approximate surface area is 78.8 Å². The fourth-order valence-corrected chi connectivity index (χ4v) is 1.53. The molecule has 1 rings (SSSR count). The molecular weight excluding hydrogens is 168 g/mol. The molecule has 0 radical (unpaired) electrons. The van der Waals surface area contributed by atoms with E-state index >= 15 is 0 Å². The standard InChI is InChI=1S/C9H18N2O2/c10-6-3-7-13-9(12)11-8-4-1-2-5-8/h8H,1-7,10H2,(H,11,12). The van der Waals surface area contributed by atoms with Gasteiger partial charge in [-0.25, -0.2) is 4.79 Å². The van der Waals surface area contributed by atoms with Gasteiger partial charge in [0.2, 0.25) is 0 Å². The monoisotopic (exact) mass is 186 g/mol. The van der Waals surface area contributed by atoms with E-state index in [9.17, 15) is 4.79 Å². The molecule has 1 amide bonds. The maximum absolute atomic E-state index is 11.1. The van der Waals surface area contributed by atoms with Crippen molar-refractivity contribution in [3.8, 4) is 0 Å². The van der Waals surface area contributed by atoms with E-state index in [1.165, 1.54) is 12.8 Å². The highest BCUT2D eigenvalue weighted by Crippen LogP contribution is 2.17. The van der Waals surface area contributed by atoms with Crippen LogP contribution in [0.1, 0.15) is 32.1 Å². The van der Waals surface area contributed by atoms with Gasteiger partial charge in [0.1, 0.15) is 0 Å².